The third-order valence-electron chi connectivity index (χ3n) is 5.90. The van der Waals surface area contributed by atoms with E-state index in [0.717, 1.165) is 16.3 Å². The zero-order chi connectivity index (χ0) is 26.7. The van der Waals surface area contributed by atoms with Crippen molar-refractivity contribution in [3.05, 3.63) is 89.0 Å². The van der Waals surface area contributed by atoms with Crippen LogP contribution in [0.3, 0.4) is 0 Å². The number of hydrogen-bond donors (Lipinski definition) is 1. The number of benzene rings is 3. The van der Waals surface area contributed by atoms with E-state index in [2.05, 4.69) is 10.3 Å². The Balaban J connectivity index is 1.38. The highest BCUT2D eigenvalue weighted by Gasteiger charge is 2.26. The number of nitrogens with one attached hydrogen (secondary N) is 1. The van der Waals surface area contributed by atoms with Crippen LogP contribution in [0.15, 0.2) is 87.6 Å². The van der Waals surface area contributed by atoms with Gasteiger partial charge in [-0.2, -0.15) is 4.31 Å². The number of carbonyl (C=O) groups excluding carboxylic acids is 1. The summed E-state index contributed by atoms with van der Waals surface area (Å²) >= 11 is 0.972. The number of amides is 1. The molecule has 0 spiro atoms. The first kappa shape index (κ1) is 26.0. The standard InChI is InChI=1S/C26H23FN4O5S2/c27-21-9-2-4-11-23(21)31-25(33)20-8-1-3-10-22(20)29-26(31)37-17-24(32)28-18-6-5-7-19(16-18)38(34,35)30-12-14-36-15-13-30/h1-11,16H,12-15,17H2,(H,28,32). The summed E-state index contributed by atoms with van der Waals surface area (Å²) < 4.78 is 48.3. The number of aromatic nitrogens is 2. The molecule has 1 fully saturated rings. The molecule has 1 N–H and O–H groups in total. The van der Waals surface area contributed by atoms with Gasteiger partial charge in [-0.05, 0) is 42.5 Å². The Bertz CT molecular complexity index is 1670. The average molecular weight is 555 g/mol. The molecule has 1 aromatic heterocycles. The molecule has 0 atom stereocenters. The summed E-state index contributed by atoms with van der Waals surface area (Å²) in [6.07, 6.45) is 0. The normalized spacial score (nSPS) is 14.4. The summed E-state index contributed by atoms with van der Waals surface area (Å²) in [6, 6.07) is 18.6. The van der Waals surface area contributed by atoms with Crippen molar-refractivity contribution in [2.75, 3.05) is 37.4 Å². The van der Waals surface area contributed by atoms with Gasteiger partial charge in [0.15, 0.2) is 5.16 Å². The van der Waals surface area contributed by atoms with Crippen molar-refractivity contribution in [1.29, 1.82) is 0 Å². The van der Waals surface area contributed by atoms with Crippen molar-refractivity contribution in [3.63, 3.8) is 0 Å². The number of para-hydroxylation sites is 2. The molecule has 0 aliphatic carbocycles. The highest BCUT2D eigenvalue weighted by Crippen LogP contribution is 2.24. The van der Waals surface area contributed by atoms with Crippen molar-refractivity contribution in [1.82, 2.24) is 13.9 Å². The van der Waals surface area contributed by atoms with Crippen LogP contribution in [0.1, 0.15) is 0 Å². The maximum absolute atomic E-state index is 14.7. The molecule has 0 radical (unpaired) electrons. The first-order chi connectivity index (χ1) is 18.3. The van der Waals surface area contributed by atoms with Gasteiger partial charge in [0.2, 0.25) is 15.9 Å². The van der Waals surface area contributed by atoms with E-state index < -0.39 is 27.3 Å². The minimum Gasteiger partial charge on any atom is -0.379 e. The minimum absolute atomic E-state index is 0.0275. The van der Waals surface area contributed by atoms with E-state index >= 15 is 0 Å². The first-order valence-corrected chi connectivity index (χ1v) is 14.1. The second-order valence-corrected chi connectivity index (χ2v) is 11.3. The van der Waals surface area contributed by atoms with Crippen molar-refractivity contribution < 1.29 is 22.3 Å². The van der Waals surface area contributed by atoms with Crippen LogP contribution in [-0.2, 0) is 19.6 Å². The number of thioether (sulfide) groups is 1. The molecule has 1 aliphatic heterocycles. The molecule has 0 bridgehead atoms. The van der Waals surface area contributed by atoms with Gasteiger partial charge in [0.25, 0.3) is 5.56 Å². The smallest absolute Gasteiger partial charge is 0.266 e. The number of fused-ring (bicyclic) bond motifs is 1. The van der Waals surface area contributed by atoms with Crippen molar-refractivity contribution in [3.8, 4) is 5.69 Å². The summed E-state index contributed by atoms with van der Waals surface area (Å²) in [5.41, 5.74) is 0.307. The Kier molecular flexibility index (Phi) is 7.56. The Morgan fingerprint density at radius 2 is 1.76 bits per heavy atom. The quantitative estimate of drug-likeness (QED) is 0.276. The fourth-order valence-corrected chi connectivity index (χ4v) is 6.31. The number of nitrogens with zero attached hydrogens (tertiary/aromatic N) is 3. The lowest BCUT2D eigenvalue weighted by Crippen LogP contribution is -2.40. The maximum Gasteiger partial charge on any atom is 0.266 e. The molecule has 4 aromatic rings. The summed E-state index contributed by atoms with van der Waals surface area (Å²) in [7, 11) is -3.73. The number of ether oxygens (including phenoxy) is 1. The number of morpholine rings is 1. The minimum atomic E-state index is -3.73. The number of sulfonamides is 1. The molecule has 1 saturated heterocycles. The lowest BCUT2D eigenvalue weighted by atomic mass is 10.2. The Hall–Kier alpha value is -3.58. The van der Waals surface area contributed by atoms with E-state index in [1.165, 1.54) is 34.6 Å². The monoisotopic (exact) mass is 554 g/mol. The lowest BCUT2D eigenvalue weighted by Gasteiger charge is -2.26. The van der Waals surface area contributed by atoms with Crippen molar-refractivity contribution >= 4 is 44.3 Å². The van der Waals surface area contributed by atoms with E-state index in [-0.39, 0.29) is 34.6 Å². The SMILES string of the molecule is O=C(CSc1nc2ccccc2c(=O)n1-c1ccccc1F)Nc1cccc(S(=O)(=O)N2CCOCC2)c1. The Labute approximate surface area is 222 Å². The number of hydrogen-bond acceptors (Lipinski definition) is 7. The van der Waals surface area contributed by atoms with Gasteiger partial charge < -0.3 is 10.1 Å². The van der Waals surface area contributed by atoms with Gasteiger partial charge >= 0.3 is 0 Å². The summed E-state index contributed by atoms with van der Waals surface area (Å²) in [5, 5.41) is 3.17. The lowest BCUT2D eigenvalue weighted by molar-refractivity contribution is -0.113. The molecule has 38 heavy (non-hydrogen) atoms. The summed E-state index contributed by atoms with van der Waals surface area (Å²) in [5.74, 6) is -1.20. The molecule has 12 heteroatoms. The zero-order valence-electron chi connectivity index (χ0n) is 20.0. The van der Waals surface area contributed by atoms with E-state index in [9.17, 15) is 22.4 Å². The Morgan fingerprint density at radius 3 is 2.55 bits per heavy atom. The zero-order valence-corrected chi connectivity index (χ0v) is 21.7. The van der Waals surface area contributed by atoms with E-state index in [0.29, 0.717) is 29.8 Å². The van der Waals surface area contributed by atoms with Crippen LogP contribution in [0.2, 0.25) is 0 Å². The van der Waals surface area contributed by atoms with Gasteiger partial charge in [0.05, 0.1) is 40.5 Å². The van der Waals surface area contributed by atoms with E-state index in [4.69, 9.17) is 4.74 Å². The average Bonchev–Trinajstić information content (AvgIpc) is 2.93. The molecule has 3 aromatic carbocycles. The van der Waals surface area contributed by atoms with Gasteiger partial charge in [-0.15, -0.1) is 0 Å². The number of anilines is 1. The van der Waals surface area contributed by atoms with Crippen molar-refractivity contribution in [2.45, 2.75) is 10.1 Å². The van der Waals surface area contributed by atoms with Gasteiger partial charge in [0, 0.05) is 18.8 Å². The Morgan fingerprint density at radius 1 is 1.03 bits per heavy atom. The largest absolute Gasteiger partial charge is 0.379 e. The topological polar surface area (TPSA) is 111 Å². The van der Waals surface area contributed by atoms with Crippen LogP contribution < -0.4 is 10.9 Å². The fourth-order valence-electron chi connectivity index (χ4n) is 4.05. The number of halogens is 1. The van der Waals surface area contributed by atoms with Crippen LogP contribution in [-0.4, -0.2) is 60.2 Å². The highest BCUT2D eigenvalue weighted by molar-refractivity contribution is 7.99. The predicted octanol–water partition coefficient (Wildman–Crippen LogP) is 3.28. The molecule has 196 valence electrons. The fraction of sp³-hybridized carbons (Fsp3) is 0.192. The summed E-state index contributed by atoms with van der Waals surface area (Å²) in [6.45, 7) is 1.18. The molecular weight excluding hydrogens is 531 g/mol. The van der Waals surface area contributed by atoms with Crippen molar-refractivity contribution in [2.24, 2.45) is 0 Å². The van der Waals surface area contributed by atoms with Gasteiger partial charge in [-0.3, -0.25) is 14.2 Å². The molecule has 5 rings (SSSR count). The molecule has 9 nitrogen and oxygen atoms in total. The third-order valence-corrected chi connectivity index (χ3v) is 8.73. The van der Waals surface area contributed by atoms with Gasteiger partial charge in [-0.1, -0.05) is 42.1 Å². The van der Waals surface area contributed by atoms with Gasteiger partial charge in [-0.25, -0.2) is 17.8 Å². The van der Waals surface area contributed by atoms with E-state index in [1.807, 2.05) is 0 Å². The predicted molar refractivity (Wildman–Crippen MR) is 143 cm³/mol. The molecule has 0 saturated carbocycles. The van der Waals surface area contributed by atoms with Crippen LogP contribution in [0.25, 0.3) is 16.6 Å². The molecule has 1 amide bonds. The first-order valence-electron chi connectivity index (χ1n) is 11.7. The third kappa shape index (κ3) is 5.34. The maximum atomic E-state index is 14.7. The van der Waals surface area contributed by atoms with Crippen LogP contribution in [0, 0.1) is 5.82 Å². The molecule has 2 heterocycles. The second kappa shape index (κ2) is 11.0. The highest BCUT2D eigenvalue weighted by atomic mass is 32.2. The summed E-state index contributed by atoms with van der Waals surface area (Å²) in [4.78, 5) is 30.7. The van der Waals surface area contributed by atoms with Crippen LogP contribution >= 0.6 is 11.8 Å². The second-order valence-electron chi connectivity index (χ2n) is 8.38. The number of carbonyl (C=O) groups is 1. The van der Waals surface area contributed by atoms with Crippen LogP contribution in [0.4, 0.5) is 10.1 Å². The molecule has 0 unspecified atom stereocenters. The van der Waals surface area contributed by atoms with E-state index in [1.54, 1.807) is 42.5 Å². The van der Waals surface area contributed by atoms with Crippen LogP contribution in [0.5, 0.6) is 0 Å². The molecule has 1 aliphatic rings. The van der Waals surface area contributed by atoms with Gasteiger partial charge in [0.1, 0.15) is 5.82 Å². The molecular formula is C26H23FN4O5S2. The number of rotatable bonds is 7.